The van der Waals surface area contributed by atoms with E-state index in [1.807, 2.05) is 0 Å². The zero-order valence-electron chi connectivity index (χ0n) is 13.1. The Balaban J connectivity index is 5.97. The molecule has 3 atom stereocenters. The van der Waals surface area contributed by atoms with Crippen molar-refractivity contribution in [1.29, 1.82) is 0 Å². The lowest BCUT2D eigenvalue weighted by Gasteiger charge is -2.35. The molecule has 0 amide bonds. The first-order chi connectivity index (χ1) is 11.9. The third-order valence-electron chi connectivity index (χ3n) is 3.65. The van der Waals surface area contributed by atoms with Crippen molar-refractivity contribution in [2.45, 2.75) is 49.6 Å². The Kier molecular flexibility index (Phi) is 8.10. The highest BCUT2D eigenvalue weighted by molar-refractivity contribution is 8.29. The molecule has 0 aliphatic carbocycles. The van der Waals surface area contributed by atoms with E-state index in [0.717, 1.165) is 0 Å². The van der Waals surface area contributed by atoms with E-state index in [1.54, 1.807) is 0 Å². The van der Waals surface area contributed by atoms with E-state index >= 15 is 0 Å². The van der Waals surface area contributed by atoms with Crippen LogP contribution in [0, 0.1) is 11.8 Å². The molecule has 0 aromatic heterocycles. The first kappa shape index (κ1) is 27.4. The quantitative estimate of drug-likeness (QED) is 0.479. The molecule has 0 bridgehead atoms. The van der Waals surface area contributed by atoms with Crippen molar-refractivity contribution in [3.05, 3.63) is 0 Å². The van der Waals surface area contributed by atoms with Crippen molar-refractivity contribution in [3.63, 3.8) is 0 Å². The van der Waals surface area contributed by atoms with Crippen LogP contribution in [0.1, 0.15) is 19.3 Å². The van der Waals surface area contributed by atoms with E-state index in [4.69, 9.17) is 4.55 Å². The highest BCUT2D eigenvalue weighted by Gasteiger charge is 2.74. The molecule has 0 saturated carbocycles. The zero-order valence-corrected chi connectivity index (χ0v) is 14.7. The van der Waals surface area contributed by atoms with Crippen LogP contribution >= 0.6 is 0 Å². The Morgan fingerprint density at radius 1 is 0.750 bits per heavy atom. The van der Waals surface area contributed by atoms with Crippen molar-refractivity contribution in [2.75, 3.05) is 5.75 Å². The average molecular weight is 486 g/mol. The van der Waals surface area contributed by atoms with Crippen LogP contribution in [0.15, 0.2) is 0 Å². The first-order valence-electron chi connectivity index (χ1n) is 6.83. The van der Waals surface area contributed by atoms with E-state index < -0.39 is 76.0 Å². The van der Waals surface area contributed by atoms with Gasteiger partial charge in [0.2, 0.25) is 0 Å². The van der Waals surface area contributed by atoms with Gasteiger partial charge in [0.15, 0.2) is 0 Å². The summed E-state index contributed by atoms with van der Waals surface area (Å²) in [7, 11) is -4.31. The van der Waals surface area contributed by atoms with Crippen LogP contribution < -0.4 is 0 Å². The second kappa shape index (κ2) is 8.28. The summed E-state index contributed by atoms with van der Waals surface area (Å²) < 4.78 is 185. The summed E-state index contributed by atoms with van der Waals surface area (Å²) in [5, 5.41) is 0. The first-order valence-corrected chi connectivity index (χ1v) is 9.43. The number of rotatable bonds is 7. The van der Waals surface area contributed by atoms with Crippen molar-refractivity contribution in [1.82, 2.24) is 0 Å². The Hall–Kier alpha value is -0.580. The summed E-state index contributed by atoms with van der Waals surface area (Å²) in [6.45, 7) is 0. The van der Waals surface area contributed by atoms with Crippen LogP contribution in [0.4, 0.5) is 57.1 Å². The van der Waals surface area contributed by atoms with Crippen molar-refractivity contribution < 1.29 is 65.8 Å². The van der Waals surface area contributed by atoms with Crippen LogP contribution in [0.3, 0.4) is 0 Å². The smallest absolute Gasteiger partial charge is 0.306 e. The minimum absolute atomic E-state index is 1.41. The summed E-state index contributed by atoms with van der Waals surface area (Å²) in [6, 6.07) is 0. The molecule has 0 spiro atoms. The van der Waals surface area contributed by atoms with E-state index in [-0.39, 0.29) is 0 Å². The summed E-state index contributed by atoms with van der Waals surface area (Å²) >= 11 is 3.83. The fourth-order valence-corrected chi connectivity index (χ4v) is 2.99. The summed E-state index contributed by atoms with van der Waals surface area (Å²) in [5.74, 6) is -8.66. The Bertz CT molecular complexity index is 600. The predicted octanol–water partition coefficient (Wildman–Crippen LogP) is 5.57. The Morgan fingerprint density at radius 2 is 1.11 bits per heavy atom. The van der Waals surface area contributed by atoms with Gasteiger partial charge in [-0.2, -0.15) is 52.7 Å². The summed E-state index contributed by atoms with van der Waals surface area (Å²) in [6.07, 6.45) is -32.8. The molecule has 1 N–H and O–H groups in total. The number of hydrogen-bond donors (Lipinski definition) is 1. The lowest BCUT2D eigenvalue weighted by Crippen LogP contribution is -2.55. The van der Waals surface area contributed by atoms with Gasteiger partial charge < -0.3 is 4.55 Å². The highest BCUT2D eigenvalue weighted by Crippen LogP contribution is 2.53. The van der Waals surface area contributed by atoms with Gasteiger partial charge in [0.1, 0.15) is 8.77 Å². The molecule has 0 aromatic carbocycles. The van der Waals surface area contributed by atoms with Gasteiger partial charge in [0.25, 0.3) is 5.67 Å². The third-order valence-corrected chi connectivity index (χ3v) is 4.90. The van der Waals surface area contributed by atoms with Crippen molar-refractivity contribution in [3.8, 4) is 0 Å². The molecule has 0 aliphatic heterocycles. The van der Waals surface area contributed by atoms with Crippen LogP contribution in [-0.4, -0.2) is 44.9 Å². The lowest BCUT2D eigenvalue weighted by molar-refractivity contribution is -0.353. The summed E-state index contributed by atoms with van der Waals surface area (Å²) in [4.78, 5) is 0. The maximum atomic E-state index is 13.6. The number of halogens is 13. The average Bonchev–Trinajstić information content (AvgIpc) is 2.35. The van der Waals surface area contributed by atoms with E-state index in [0.29, 0.717) is 0 Å². The minimum atomic E-state index is -6.89. The molecule has 17 heteroatoms. The molecule has 170 valence electrons. The van der Waals surface area contributed by atoms with Gasteiger partial charge in [-0.15, -0.1) is 0 Å². The van der Waals surface area contributed by atoms with Gasteiger partial charge in [0, 0.05) is 17.6 Å². The molecule has 0 aromatic rings. The standard InChI is InChI=1S/C11H11F13O2S2/c12-7(10(19,20)21,11(22,23)24)4-6(9(16,17)18)3-5(8(13,14)15)1-2-28(25,26)27/h5-6H,1-4H2,(H,25,26,27). The molecule has 0 fully saturated rings. The number of hydrogen-bond acceptors (Lipinski definition) is 2. The number of alkyl halides is 13. The van der Waals surface area contributed by atoms with Gasteiger partial charge in [-0.05, 0) is 12.8 Å². The molecule has 28 heavy (non-hydrogen) atoms. The van der Waals surface area contributed by atoms with Gasteiger partial charge in [-0.1, -0.05) is 0 Å². The van der Waals surface area contributed by atoms with Crippen molar-refractivity contribution >= 4 is 20.0 Å². The van der Waals surface area contributed by atoms with Gasteiger partial charge in [-0.25, -0.2) is 8.60 Å². The van der Waals surface area contributed by atoms with E-state index in [1.165, 1.54) is 0 Å². The molecule has 0 aliphatic rings. The zero-order chi connectivity index (χ0) is 23.0. The highest BCUT2D eigenvalue weighted by atomic mass is 32.8. The largest absolute Gasteiger partial charge is 0.431 e. The molecule has 0 rings (SSSR count). The maximum absolute atomic E-state index is 13.6. The van der Waals surface area contributed by atoms with Gasteiger partial charge in [0.05, 0.1) is 17.6 Å². The van der Waals surface area contributed by atoms with Crippen LogP contribution in [0.25, 0.3) is 0 Å². The van der Waals surface area contributed by atoms with Crippen LogP contribution in [0.5, 0.6) is 0 Å². The van der Waals surface area contributed by atoms with E-state index in [2.05, 4.69) is 11.2 Å². The molecule has 0 heterocycles. The van der Waals surface area contributed by atoms with Gasteiger partial charge in [-0.3, -0.25) is 0 Å². The second-order valence-electron chi connectivity index (χ2n) is 5.79. The fourth-order valence-electron chi connectivity index (χ4n) is 2.11. The third kappa shape index (κ3) is 7.68. The van der Waals surface area contributed by atoms with E-state index in [9.17, 15) is 61.3 Å². The molecule has 0 saturated heterocycles. The molecular formula is C11H11F13O2S2. The second-order valence-corrected chi connectivity index (χ2v) is 8.92. The van der Waals surface area contributed by atoms with Crippen molar-refractivity contribution in [2.24, 2.45) is 11.8 Å². The summed E-state index contributed by atoms with van der Waals surface area (Å²) in [5.41, 5.74) is -6.42. The van der Waals surface area contributed by atoms with Gasteiger partial charge >= 0.3 is 24.7 Å². The van der Waals surface area contributed by atoms with Crippen LogP contribution in [-0.2, 0) is 20.0 Å². The maximum Gasteiger partial charge on any atom is 0.431 e. The molecular weight excluding hydrogens is 475 g/mol. The normalized spacial score (nSPS) is 19.2. The topological polar surface area (TPSA) is 37.3 Å². The Labute approximate surface area is 153 Å². The predicted molar refractivity (Wildman–Crippen MR) is 71.9 cm³/mol. The lowest BCUT2D eigenvalue weighted by atomic mass is 9.83. The molecule has 2 nitrogen and oxygen atoms in total. The monoisotopic (exact) mass is 486 g/mol. The van der Waals surface area contributed by atoms with Crippen LogP contribution in [0.2, 0.25) is 0 Å². The molecule has 3 unspecified atom stereocenters. The Morgan fingerprint density at radius 3 is 1.36 bits per heavy atom. The molecule has 0 radical (unpaired) electrons. The minimum Gasteiger partial charge on any atom is -0.306 e. The fraction of sp³-hybridized carbons (Fsp3) is 1.00. The SMILES string of the molecule is O=S(O)(=S)CCC(CC(CC(F)(C(F)(F)F)C(F)(F)F)C(F)(F)F)C(F)(F)F.